The Morgan fingerprint density at radius 1 is 1.43 bits per heavy atom. The van der Waals surface area contributed by atoms with Crippen molar-refractivity contribution in [2.24, 2.45) is 14.1 Å². The molecule has 8 heteroatoms. The highest BCUT2D eigenvalue weighted by molar-refractivity contribution is 5.90. The van der Waals surface area contributed by atoms with Crippen LogP contribution in [0.2, 0.25) is 0 Å². The van der Waals surface area contributed by atoms with Gasteiger partial charge in [-0.2, -0.15) is 10.2 Å². The minimum Gasteiger partial charge on any atom is -0.462 e. The molecule has 2 aromatic rings. The minimum absolute atomic E-state index is 0.339. The Morgan fingerprint density at radius 3 is 2.90 bits per heavy atom. The summed E-state index contributed by atoms with van der Waals surface area (Å²) in [6, 6.07) is 0. The molecular formula is C13H20N6O2. The summed E-state index contributed by atoms with van der Waals surface area (Å²) in [7, 11) is 3.64. The van der Waals surface area contributed by atoms with E-state index >= 15 is 0 Å². The summed E-state index contributed by atoms with van der Waals surface area (Å²) in [6.45, 7) is 3.40. The van der Waals surface area contributed by atoms with E-state index in [1.807, 2.05) is 7.05 Å². The Morgan fingerprint density at radius 2 is 2.24 bits per heavy atom. The van der Waals surface area contributed by atoms with E-state index in [1.54, 1.807) is 29.7 Å². The Hall–Kier alpha value is -2.22. The average Bonchev–Trinajstić information content (AvgIpc) is 3.02. The van der Waals surface area contributed by atoms with Crippen molar-refractivity contribution < 1.29 is 9.53 Å². The maximum Gasteiger partial charge on any atom is 0.341 e. The molecule has 0 aromatic carbocycles. The van der Waals surface area contributed by atoms with E-state index in [-0.39, 0.29) is 5.97 Å². The number of nitrogens with one attached hydrogen (secondary N) is 1. The van der Waals surface area contributed by atoms with E-state index in [0.29, 0.717) is 18.7 Å². The van der Waals surface area contributed by atoms with Gasteiger partial charge in [0.1, 0.15) is 11.9 Å². The minimum atomic E-state index is -0.339. The molecule has 114 valence electrons. The molecule has 0 saturated heterocycles. The lowest BCUT2D eigenvalue weighted by Gasteiger charge is -2.07. The van der Waals surface area contributed by atoms with Crippen LogP contribution in [0.3, 0.4) is 0 Å². The number of nitrogens with zero attached hydrogens (tertiary/aromatic N) is 5. The van der Waals surface area contributed by atoms with Gasteiger partial charge in [0.15, 0.2) is 5.82 Å². The Balaban J connectivity index is 1.88. The highest BCUT2D eigenvalue weighted by atomic mass is 16.5. The number of esters is 1. The molecule has 0 spiro atoms. The van der Waals surface area contributed by atoms with Gasteiger partial charge in [0.25, 0.3) is 0 Å². The summed E-state index contributed by atoms with van der Waals surface area (Å²) in [5.41, 5.74) is 1.31. The fourth-order valence-corrected chi connectivity index (χ4v) is 1.96. The first-order chi connectivity index (χ1) is 10.1. The van der Waals surface area contributed by atoms with Crippen molar-refractivity contribution in [3.8, 4) is 0 Å². The lowest BCUT2D eigenvalue weighted by molar-refractivity contribution is 0.0524. The highest BCUT2D eigenvalue weighted by Crippen LogP contribution is 2.09. The highest BCUT2D eigenvalue weighted by Gasteiger charge is 2.16. The summed E-state index contributed by atoms with van der Waals surface area (Å²) >= 11 is 0. The molecule has 0 fully saturated rings. The quantitative estimate of drug-likeness (QED) is 0.573. The van der Waals surface area contributed by atoms with Crippen LogP contribution in [0.1, 0.15) is 28.8 Å². The molecule has 0 aliphatic carbocycles. The molecule has 8 nitrogen and oxygen atoms in total. The van der Waals surface area contributed by atoms with Crippen LogP contribution in [0, 0.1) is 0 Å². The molecule has 21 heavy (non-hydrogen) atoms. The number of aromatic nitrogens is 5. The van der Waals surface area contributed by atoms with Gasteiger partial charge in [-0.05, 0) is 6.92 Å². The first-order valence-corrected chi connectivity index (χ1v) is 6.85. The van der Waals surface area contributed by atoms with Crippen molar-refractivity contribution in [1.82, 2.24) is 29.9 Å². The second kappa shape index (κ2) is 6.98. The van der Waals surface area contributed by atoms with E-state index < -0.39 is 0 Å². The third-order valence-electron chi connectivity index (χ3n) is 3.02. The normalized spacial score (nSPS) is 10.8. The fraction of sp³-hybridized carbons (Fsp3) is 0.538. The number of rotatable bonds is 7. The van der Waals surface area contributed by atoms with Crippen molar-refractivity contribution in [2.75, 3.05) is 13.2 Å². The van der Waals surface area contributed by atoms with Gasteiger partial charge in [0.2, 0.25) is 0 Å². The summed E-state index contributed by atoms with van der Waals surface area (Å²) in [5, 5.41) is 11.6. The average molecular weight is 292 g/mol. The van der Waals surface area contributed by atoms with Crippen LogP contribution in [0.5, 0.6) is 0 Å². The molecule has 0 amide bonds. The molecule has 2 aromatic heterocycles. The summed E-state index contributed by atoms with van der Waals surface area (Å²) in [5.74, 6) is 0.453. The molecule has 1 N–H and O–H groups in total. The predicted octanol–water partition coefficient (Wildman–Crippen LogP) is 0.0576. The predicted molar refractivity (Wildman–Crippen MR) is 75.6 cm³/mol. The first kappa shape index (κ1) is 15.2. The second-order valence-corrected chi connectivity index (χ2v) is 4.61. The lowest BCUT2D eigenvalue weighted by atomic mass is 10.2. The zero-order valence-electron chi connectivity index (χ0n) is 12.5. The summed E-state index contributed by atoms with van der Waals surface area (Å²) in [4.78, 5) is 16.0. The number of hydrogen-bond acceptors (Lipinski definition) is 6. The van der Waals surface area contributed by atoms with Gasteiger partial charge in [-0.1, -0.05) is 0 Å². The van der Waals surface area contributed by atoms with Gasteiger partial charge < -0.3 is 10.1 Å². The second-order valence-electron chi connectivity index (χ2n) is 4.61. The summed E-state index contributed by atoms with van der Waals surface area (Å²) < 4.78 is 8.37. The zero-order valence-corrected chi connectivity index (χ0v) is 12.5. The van der Waals surface area contributed by atoms with Crippen molar-refractivity contribution >= 4 is 5.97 Å². The standard InChI is InChI=1S/C13H20N6O2/c1-4-21-13(20)10-7-16-19(3)11(10)8-14-6-5-12-15-9-18(2)17-12/h7,9,14H,4-6,8H2,1-3H3. The topological polar surface area (TPSA) is 86.9 Å². The maximum atomic E-state index is 11.8. The first-order valence-electron chi connectivity index (χ1n) is 6.85. The third-order valence-corrected chi connectivity index (χ3v) is 3.02. The lowest BCUT2D eigenvalue weighted by Crippen LogP contribution is -2.21. The summed E-state index contributed by atoms with van der Waals surface area (Å²) in [6.07, 6.45) is 3.94. The van der Waals surface area contributed by atoms with Crippen LogP contribution in [-0.4, -0.2) is 43.7 Å². The Kier molecular flexibility index (Phi) is 5.04. The fourth-order valence-electron chi connectivity index (χ4n) is 1.96. The molecule has 0 atom stereocenters. The number of carbonyl (C=O) groups is 1. The zero-order chi connectivity index (χ0) is 15.2. The number of carbonyl (C=O) groups excluding carboxylic acids is 1. The van der Waals surface area contributed by atoms with Crippen LogP contribution in [0.15, 0.2) is 12.5 Å². The van der Waals surface area contributed by atoms with Crippen LogP contribution in [0.25, 0.3) is 0 Å². The molecule has 2 rings (SSSR count). The van der Waals surface area contributed by atoms with E-state index in [9.17, 15) is 4.79 Å². The van der Waals surface area contributed by atoms with Gasteiger partial charge in [-0.3, -0.25) is 9.36 Å². The van der Waals surface area contributed by atoms with E-state index in [0.717, 1.165) is 24.5 Å². The molecule has 0 saturated carbocycles. The molecule has 0 unspecified atom stereocenters. The van der Waals surface area contributed by atoms with E-state index in [2.05, 4.69) is 20.5 Å². The van der Waals surface area contributed by atoms with Crippen LogP contribution < -0.4 is 5.32 Å². The van der Waals surface area contributed by atoms with E-state index in [4.69, 9.17) is 4.74 Å². The largest absolute Gasteiger partial charge is 0.462 e. The van der Waals surface area contributed by atoms with Crippen molar-refractivity contribution in [1.29, 1.82) is 0 Å². The van der Waals surface area contributed by atoms with Gasteiger partial charge in [0.05, 0.1) is 18.5 Å². The van der Waals surface area contributed by atoms with Crippen LogP contribution in [-0.2, 0) is 31.8 Å². The number of aryl methyl sites for hydroxylation is 2. The van der Waals surface area contributed by atoms with Crippen molar-refractivity contribution in [3.63, 3.8) is 0 Å². The van der Waals surface area contributed by atoms with Gasteiger partial charge >= 0.3 is 5.97 Å². The van der Waals surface area contributed by atoms with Crippen LogP contribution in [0.4, 0.5) is 0 Å². The van der Waals surface area contributed by atoms with Gasteiger partial charge in [0, 0.05) is 33.6 Å². The SMILES string of the molecule is CCOC(=O)c1cnn(C)c1CNCCc1ncn(C)n1. The molecule has 0 radical (unpaired) electrons. The van der Waals surface area contributed by atoms with Crippen molar-refractivity contribution in [2.45, 2.75) is 19.9 Å². The molecular weight excluding hydrogens is 272 g/mol. The van der Waals surface area contributed by atoms with Gasteiger partial charge in [-0.25, -0.2) is 9.78 Å². The Bertz CT molecular complexity index is 604. The van der Waals surface area contributed by atoms with Crippen molar-refractivity contribution in [3.05, 3.63) is 29.6 Å². The van der Waals surface area contributed by atoms with Crippen LogP contribution >= 0.6 is 0 Å². The number of hydrogen-bond donors (Lipinski definition) is 1. The third kappa shape index (κ3) is 3.88. The number of ether oxygens (including phenoxy) is 1. The Labute approximate surface area is 123 Å². The van der Waals surface area contributed by atoms with Gasteiger partial charge in [-0.15, -0.1) is 0 Å². The molecule has 0 bridgehead atoms. The van der Waals surface area contributed by atoms with E-state index in [1.165, 1.54) is 6.20 Å². The monoisotopic (exact) mass is 292 g/mol. The smallest absolute Gasteiger partial charge is 0.341 e. The maximum absolute atomic E-state index is 11.8. The molecule has 0 aliphatic heterocycles. The molecule has 2 heterocycles. The molecule has 0 aliphatic rings.